The summed E-state index contributed by atoms with van der Waals surface area (Å²) in [5.41, 5.74) is 0. The van der Waals surface area contributed by atoms with Crippen LogP contribution in [0.3, 0.4) is 0 Å². The van der Waals surface area contributed by atoms with Crippen molar-refractivity contribution in [3.63, 3.8) is 0 Å². The summed E-state index contributed by atoms with van der Waals surface area (Å²) in [7, 11) is 1.24. The third kappa shape index (κ3) is 29.5. The number of allylic oxidation sites excluding steroid dienone is 3. The first kappa shape index (κ1) is 42.0. The fraction of sp³-hybridized carbons (Fsp3) is 0.853. The predicted molar refractivity (Wildman–Crippen MR) is 178 cm³/mol. The van der Waals surface area contributed by atoms with Gasteiger partial charge in [0, 0.05) is 6.42 Å². The van der Waals surface area contributed by atoms with Crippen molar-refractivity contribution in [2.75, 3.05) is 40.9 Å². The number of hydrogen-bond donors (Lipinski definition) is 2. The molecule has 3 atom stereocenters. The Morgan fingerprint density at radius 1 is 0.791 bits per heavy atom. The second kappa shape index (κ2) is 27.3. The zero-order chi connectivity index (χ0) is 32.2. The molecule has 0 aromatic heterocycles. The zero-order valence-electron chi connectivity index (χ0n) is 28.4. The van der Waals surface area contributed by atoms with Gasteiger partial charge in [0.25, 0.3) is 7.82 Å². The number of aliphatic hydroxyl groups excluding tert-OH is 1. The van der Waals surface area contributed by atoms with Crippen LogP contribution >= 0.6 is 7.82 Å². The van der Waals surface area contributed by atoms with Gasteiger partial charge in [-0.1, -0.05) is 122 Å². The Labute approximate surface area is 264 Å². The van der Waals surface area contributed by atoms with Crippen molar-refractivity contribution in [1.82, 2.24) is 5.32 Å². The number of likely N-dealkylation sites (N-methyl/N-ethyl adjacent to an activating group) is 1. The van der Waals surface area contributed by atoms with Gasteiger partial charge >= 0.3 is 0 Å². The minimum Gasteiger partial charge on any atom is -0.756 e. The maximum atomic E-state index is 12.7. The molecule has 2 N–H and O–H groups in total. The number of phosphoric acid groups is 1. The first-order chi connectivity index (χ1) is 20.5. The van der Waals surface area contributed by atoms with Crippen molar-refractivity contribution in [1.29, 1.82) is 0 Å². The summed E-state index contributed by atoms with van der Waals surface area (Å²) in [5.74, 6) is -0.213. The van der Waals surface area contributed by atoms with Crippen LogP contribution in [-0.2, 0) is 18.4 Å². The van der Waals surface area contributed by atoms with E-state index in [0.717, 1.165) is 38.5 Å². The third-order valence-corrected chi connectivity index (χ3v) is 8.38. The summed E-state index contributed by atoms with van der Waals surface area (Å²) in [6, 6.07) is -0.894. The molecule has 0 saturated carbocycles. The number of carbonyl (C=O) groups excluding carboxylic acids is 1. The van der Waals surface area contributed by atoms with Gasteiger partial charge in [0.05, 0.1) is 39.9 Å². The van der Waals surface area contributed by atoms with E-state index < -0.39 is 26.6 Å². The lowest BCUT2D eigenvalue weighted by molar-refractivity contribution is -0.870. The fourth-order valence-electron chi connectivity index (χ4n) is 4.58. The monoisotopic (exact) mass is 630 g/mol. The van der Waals surface area contributed by atoms with Crippen LogP contribution in [0.5, 0.6) is 0 Å². The summed E-state index contributed by atoms with van der Waals surface area (Å²) >= 11 is 0. The van der Waals surface area contributed by atoms with E-state index in [0.29, 0.717) is 17.4 Å². The van der Waals surface area contributed by atoms with Crippen molar-refractivity contribution >= 4 is 13.7 Å². The van der Waals surface area contributed by atoms with Crippen LogP contribution in [-0.4, -0.2) is 68.5 Å². The van der Waals surface area contributed by atoms with Crippen LogP contribution in [0.15, 0.2) is 24.3 Å². The predicted octanol–water partition coefficient (Wildman–Crippen LogP) is 7.60. The van der Waals surface area contributed by atoms with Crippen LogP contribution in [0, 0.1) is 0 Å². The maximum absolute atomic E-state index is 12.7. The molecule has 0 aliphatic rings. The number of nitrogens with one attached hydrogen (secondary N) is 1. The maximum Gasteiger partial charge on any atom is 0.268 e. The molecular formula is C34H67N2O6P. The number of quaternary nitrogens is 1. The SMILES string of the molecule is CCCCCC/C=C/CC/C=C/C(O)C(COP(=O)([O-])OCC[N+](C)(C)C)NC(=O)CCCCCCCCCCCCC. The highest BCUT2D eigenvalue weighted by molar-refractivity contribution is 7.45. The first-order valence-corrected chi connectivity index (χ1v) is 18.7. The highest BCUT2D eigenvalue weighted by Crippen LogP contribution is 2.38. The molecule has 0 saturated heterocycles. The van der Waals surface area contributed by atoms with E-state index >= 15 is 0 Å². The van der Waals surface area contributed by atoms with Gasteiger partial charge in [-0.15, -0.1) is 0 Å². The smallest absolute Gasteiger partial charge is 0.268 e. The number of amides is 1. The largest absolute Gasteiger partial charge is 0.756 e. The molecule has 43 heavy (non-hydrogen) atoms. The van der Waals surface area contributed by atoms with Crippen molar-refractivity contribution in [3.8, 4) is 0 Å². The topological polar surface area (TPSA) is 108 Å². The average molecular weight is 631 g/mol. The van der Waals surface area contributed by atoms with Crippen LogP contribution in [0.1, 0.15) is 136 Å². The molecule has 0 aromatic rings. The Morgan fingerprint density at radius 2 is 1.30 bits per heavy atom. The molecule has 1 amide bonds. The summed E-state index contributed by atoms with van der Waals surface area (Å²) in [6.07, 6.45) is 27.9. The van der Waals surface area contributed by atoms with Gasteiger partial charge in [-0.2, -0.15) is 0 Å². The second-order valence-corrected chi connectivity index (χ2v) is 14.3. The molecule has 3 unspecified atom stereocenters. The molecule has 0 aliphatic heterocycles. The molecule has 9 heteroatoms. The van der Waals surface area contributed by atoms with E-state index in [1.54, 1.807) is 6.08 Å². The van der Waals surface area contributed by atoms with Gasteiger partial charge in [-0.25, -0.2) is 0 Å². The van der Waals surface area contributed by atoms with E-state index in [4.69, 9.17) is 9.05 Å². The molecule has 0 rings (SSSR count). The number of nitrogens with zero attached hydrogens (tertiary/aromatic N) is 1. The van der Waals surface area contributed by atoms with Gasteiger partial charge in [0.1, 0.15) is 13.2 Å². The molecular weight excluding hydrogens is 563 g/mol. The number of aliphatic hydroxyl groups is 1. The third-order valence-electron chi connectivity index (χ3n) is 7.41. The first-order valence-electron chi connectivity index (χ1n) is 17.2. The molecule has 0 radical (unpaired) electrons. The molecule has 0 aliphatic carbocycles. The van der Waals surface area contributed by atoms with Crippen LogP contribution in [0.25, 0.3) is 0 Å². The lowest BCUT2D eigenvalue weighted by Gasteiger charge is -2.29. The minimum atomic E-state index is -4.57. The number of unbranched alkanes of at least 4 members (excludes halogenated alkanes) is 15. The Bertz CT molecular complexity index is 768. The Kier molecular flexibility index (Phi) is 26.7. The molecule has 0 heterocycles. The molecule has 0 spiro atoms. The zero-order valence-corrected chi connectivity index (χ0v) is 29.3. The minimum absolute atomic E-state index is 0.00522. The fourth-order valence-corrected chi connectivity index (χ4v) is 5.30. The van der Waals surface area contributed by atoms with Gasteiger partial charge in [0.2, 0.25) is 5.91 Å². The molecule has 254 valence electrons. The number of hydrogen-bond acceptors (Lipinski definition) is 6. The Morgan fingerprint density at radius 3 is 1.88 bits per heavy atom. The lowest BCUT2D eigenvalue weighted by atomic mass is 10.0. The summed E-state index contributed by atoms with van der Waals surface area (Å²) in [6.45, 7) is 4.54. The Hall–Kier alpha value is -1.02. The number of carbonyl (C=O) groups is 1. The van der Waals surface area contributed by atoms with E-state index in [-0.39, 0.29) is 12.5 Å². The highest BCUT2D eigenvalue weighted by atomic mass is 31.2. The highest BCUT2D eigenvalue weighted by Gasteiger charge is 2.23. The van der Waals surface area contributed by atoms with Crippen molar-refractivity contribution in [2.45, 2.75) is 148 Å². The van der Waals surface area contributed by atoms with Crippen LogP contribution in [0.2, 0.25) is 0 Å². The number of phosphoric ester groups is 1. The normalized spacial score (nSPS) is 15.2. The van der Waals surface area contributed by atoms with Gasteiger partial charge in [-0.3, -0.25) is 9.36 Å². The second-order valence-electron chi connectivity index (χ2n) is 12.9. The Balaban J connectivity index is 4.66. The van der Waals surface area contributed by atoms with Crippen molar-refractivity contribution < 1.29 is 32.9 Å². The molecule has 0 fully saturated rings. The van der Waals surface area contributed by atoms with Gasteiger partial charge in [-0.05, 0) is 32.1 Å². The van der Waals surface area contributed by atoms with Crippen molar-refractivity contribution in [3.05, 3.63) is 24.3 Å². The van der Waals surface area contributed by atoms with Crippen LogP contribution < -0.4 is 10.2 Å². The summed E-state index contributed by atoms with van der Waals surface area (Å²) in [4.78, 5) is 25.0. The molecule has 0 aromatic carbocycles. The van der Waals surface area contributed by atoms with E-state index in [2.05, 4.69) is 31.3 Å². The van der Waals surface area contributed by atoms with Gasteiger partial charge < -0.3 is 28.8 Å². The van der Waals surface area contributed by atoms with Crippen LogP contribution in [0.4, 0.5) is 0 Å². The van der Waals surface area contributed by atoms with Gasteiger partial charge in [0.15, 0.2) is 0 Å². The molecule has 8 nitrogen and oxygen atoms in total. The summed E-state index contributed by atoms with van der Waals surface area (Å²) < 4.78 is 22.9. The molecule has 0 bridgehead atoms. The lowest BCUT2D eigenvalue weighted by Crippen LogP contribution is -2.45. The average Bonchev–Trinajstić information content (AvgIpc) is 2.94. The quantitative estimate of drug-likeness (QED) is 0.0366. The standard InChI is InChI=1S/C34H67N2O6P/c1-6-8-10-12-14-16-18-20-22-24-26-28-34(38)35-32(31-42-43(39,40)41-30-29-36(3,4)5)33(37)27-25-23-21-19-17-15-13-11-9-7-2/h17,19,25,27,32-33,37H,6-16,18,20-24,26,28-31H2,1-5H3,(H-,35,38,39,40)/b19-17+,27-25+. The van der Waals surface area contributed by atoms with E-state index in [1.807, 2.05) is 27.2 Å². The van der Waals surface area contributed by atoms with Crippen molar-refractivity contribution in [2.24, 2.45) is 0 Å². The number of rotatable bonds is 30. The van der Waals surface area contributed by atoms with E-state index in [9.17, 15) is 19.4 Å². The van der Waals surface area contributed by atoms with E-state index in [1.165, 1.54) is 77.0 Å². The summed E-state index contributed by atoms with van der Waals surface area (Å²) in [5, 5.41) is 13.6.